The first kappa shape index (κ1) is 18.7. The molecule has 29 heavy (non-hydrogen) atoms. The van der Waals surface area contributed by atoms with Crippen LogP contribution in [0.25, 0.3) is 17.0 Å². The Balaban J connectivity index is 1.76. The second-order valence-corrected chi connectivity index (χ2v) is 6.98. The monoisotopic (exact) mass is 408 g/mol. The van der Waals surface area contributed by atoms with E-state index in [9.17, 15) is 9.59 Å². The zero-order valence-electron chi connectivity index (χ0n) is 15.7. The maximum Gasteiger partial charge on any atom is 0.276 e. The minimum atomic E-state index is -0.798. The molecule has 0 unspecified atom stereocenters. The number of imidazole rings is 2. The highest BCUT2D eigenvalue weighted by Gasteiger charge is 2.25. The third kappa shape index (κ3) is 3.23. The molecule has 4 aromatic rings. The smallest absolute Gasteiger partial charge is 0.276 e. The van der Waals surface area contributed by atoms with Gasteiger partial charge in [-0.3, -0.25) is 14.2 Å². The third-order valence-electron chi connectivity index (χ3n) is 4.67. The summed E-state index contributed by atoms with van der Waals surface area (Å²) in [4.78, 5) is 36.7. The number of primary amides is 1. The standard InChI is InChI=1S/C20H17ClN6O2/c1-10-7-8-12(21)11(2)15(10)26-19(29)16-17(18(22)28)27(9-23-16)20-24-13-5-3-4-6-14(13)25-20/h3-9H,1-2H3,(H2,22,28)(H,24,25)(H,26,29). The lowest BCUT2D eigenvalue weighted by atomic mass is 10.1. The number of halogens is 1. The fourth-order valence-corrected chi connectivity index (χ4v) is 3.31. The van der Waals surface area contributed by atoms with Crippen molar-refractivity contribution >= 4 is 40.1 Å². The molecule has 9 heteroatoms. The van der Waals surface area contributed by atoms with E-state index in [1.807, 2.05) is 31.2 Å². The van der Waals surface area contributed by atoms with Gasteiger partial charge in [0.2, 0.25) is 5.95 Å². The van der Waals surface area contributed by atoms with Gasteiger partial charge >= 0.3 is 0 Å². The predicted molar refractivity (Wildman–Crippen MR) is 111 cm³/mol. The van der Waals surface area contributed by atoms with E-state index in [1.54, 1.807) is 19.1 Å². The zero-order valence-corrected chi connectivity index (χ0v) is 16.4. The molecule has 2 aromatic heterocycles. The lowest BCUT2D eigenvalue weighted by Gasteiger charge is -2.12. The Hall–Kier alpha value is -3.65. The van der Waals surface area contributed by atoms with Crippen LogP contribution in [0.2, 0.25) is 5.02 Å². The van der Waals surface area contributed by atoms with Gasteiger partial charge in [0, 0.05) is 10.7 Å². The normalized spacial score (nSPS) is 11.0. The minimum Gasteiger partial charge on any atom is -0.364 e. The maximum absolute atomic E-state index is 12.9. The van der Waals surface area contributed by atoms with Gasteiger partial charge in [-0.05, 0) is 43.2 Å². The molecule has 0 aliphatic rings. The molecule has 2 amide bonds. The number of carbonyl (C=O) groups is 2. The average molecular weight is 409 g/mol. The van der Waals surface area contributed by atoms with Gasteiger partial charge in [-0.2, -0.15) is 0 Å². The number of aromatic amines is 1. The highest BCUT2D eigenvalue weighted by atomic mass is 35.5. The summed E-state index contributed by atoms with van der Waals surface area (Å²) in [5.74, 6) is -1.03. The molecular formula is C20H17ClN6O2. The number of rotatable bonds is 4. The van der Waals surface area contributed by atoms with Crippen molar-refractivity contribution < 1.29 is 9.59 Å². The van der Waals surface area contributed by atoms with Crippen LogP contribution in [-0.4, -0.2) is 31.3 Å². The Morgan fingerprint density at radius 2 is 1.93 bits per heavy atom. The number of anilines is 1. The van der Waals surface area contributed by atoms with Crippen molar-refractivity contribution in [2.45, 2.75) is 13.8 Å². The molecule has 8 nitrogen and oxygen atoms in total. The number of hydrogen-bond donors (Lipinski definition) is 3. The van der Waals surface area contributed by atoms with Crippen LogP contribution >= 0.6 is 11.6 Å². The third-order valence-corrected chi connectivity index (χ3v) is 5.08. The van der Waals surface area contributed by atoms with Crippen molar-refractivity contribution in [2.75, 3.05) is 5.32 Å². The molecule has 0 fully saturated rings. The van der Waals surface area contributed by atoms with E-state index >= 15 is 0 Å². The first-order valence-corrected chi connectivity index (χ1v) is 9.14. The van der Waals surface area contributed by atoms with Gasteiger partial charge in [0.05, 0.1) is 11.0 Å². The number of hydrogen-bond acceptors (Lipinski definition) is 4. The van der Waals surface area contributed by atoms with Gasteiger partial charge in [0.25, 0.3) is 11.8 Å². The lowest BCUT2D eigenvalue weighted by Crippen LogP contribution is -2.23. The number of fused-ring (bicyclic) bond motifs is 1. The van der Waals surface area contributed by atoms with E-state index in [0.717, 1.165) is 16.6 Å². The van der Waals surface area contributed by atoms with Crippen LogP contribution in [0, 0.1) is 13.8 Å². The van der Waals surface area contributed by atoms with Gasteiger partial charge in [-0.1, -0.05) is 29.8 Å². The second-order valence-electron chi connectivity index (χ2n) is 6.57. The van der Waals surface area contributed by atoms with Gasteiger partial charge in [0.1, 0.15) is 12.0 Å². The number of carbonyl (C=O) groups excluding carboxylic acids is 2. The van der Waals surface area contributed by atoms with Crippen LogP contribution in [-0.2, 0) is 0 Å². The van der Waals surface area contributed by atoms with E-state index in [4.69, 9.17) is 17.3 Å². The fraction of sp³-hybridized carbons (Fsp3) is 0.100. The molecule has 0 atom stereocenters. The number of aromatic nitrogens is 4. The van der Waals surface area contributed by atoms with Gasteiger partial charge in [0.15, 0.2) is 5.69 Å². The zero-order chi connectivity index (χ0) is 20.7. The van der Waals surface area contributed by atoms with Gasteiger partial charge in [-0.15, -0.1) is 0 Å². The van der Waals surface area contributed by atoms with Crippen molar-refractivity contribution in [3.63, 3.8) is 0 Å². The molecule has 0 saturated carbocycles. The molecule has 0 saturated heterocycles. The van der Waals surface area contributed by atoms with Crippen LogP contribution in [0.4, 0.5) is 5.69 Å². The van der Waals surface area contributed by atoms with E-state index < -0.39 is 11.8 Å². The summed E-state index contributed by atoms with van der Waals surface area (Å²) in [6, 6.07) is 11.0. The van der Waals surface area contributed by atoms with Crippen LogP contribution < -0.4 is 11.1 Å². The highest BCUT2D eigenvalue weighted by Crippen LogP contribution is 2.28. The largest absolute Gasteiger partial charge is 0.364 e. The molecular weight excluding hydrogens is 392 g/mol. The van der Waals surface area contributed by atoms with Gasteiger partial charge in [-0.25, -0.2) is 9.97 Å². The number of nitrogens with one attached hydrogen (secondary N) is 2. The fourth-order valence-electron chi connectivity index (χ4n) is 3.15. The van der Waals surface area contributed by atoms with E-state index in [1.165, 1.54) is 10.9 Å². The van der Waals surface area contributed by atoms with E-state index in [2.05, 4.69) is 20.3 Å². The molecule has 146 valence electrons. The van der Waals surface area contributed by atoms with Crippen molar-refractivity contribution in [3.8, 4) is 5.95 Å². The summed E-state index contributed by atoms with van der Waals surface area (Å²) in [7, 11) is 0. The molecule has 2 aromatic carbocycles. The van der Waals surface area contributed by atoms with Crippen LogP contribution in [0.15, 0.2) is 42.7 Å². The SMILES string of the molecule is Cc1ccc(Cl)c(C)c1NC(=O)c1ncn(-c2nc3ccccc3[nH]2)c1C(N)=O. The number of benzene rings is 2. The molecule has 0 aliphatic heterocycles. The molecule has 2 heterocycles. The summed E-state index contributed by atoms with van der Waals surface area (Å²) in [5.41, 5.74) is 9.00. The molecule has 0 spiro atoms. The Morgan fingerprint density at radius 1 is 1.17 bits per heavy atom. The first-order chi connectivity index (χ1) is 13.9. The second kappa shape index (κ2) is 7.06. The van der Waals surface area contributed by atoms with Crippen molar-refractivity contribution in [2.24, 2.45) is 5.73 Å². The summed E-state index contributed by atoms with van der Waals surface area (Å²) in [5, 5.41) is 3.31. The Bertz CT molecular complexity index is 1240. The summed E-state index contributed by atoms with van der Waals surface area (Å²) in [6.45, 7) is 3.65. The number of amides is 2. The van der Waals surface area contributed by atoms with Crippen molar-refractivity contribution in [1.29, 1.82) is 0 Å². The molecule has 4 rings (SSSR count). The molecule has 4 N–H and O–H groups in total. The van der Waals surface area contributed by atoms with Gasteiger partial charge < -0.3 is 16.0 Å². The molecule has 0 radical (unpaired) electrons. The van der Waals surface area contributed by atoms with E-state index in [-0.39, 0.29) is 11.4 Å². The van der Waals surface area contributed by atoms with Crippen molar-refractivity contribution in [1.82, 2.24) is 19.5 Å². The molecule has 0 bridgehead atoms. The van der Waals surface area contributed by atoms with Crippen LogP contribution in [0.5, 0.6) is 0 Å². The first-order valence-electron chi connectivity index (χ1n) is 8.76. The number of para-hydroxylation sites is 2. The maximum atomic E-state index is 12.9. The number of nitrogens with two attached hydrogens (primary N) is 1. The lowest BCUT2D eigenvalue weighted by molar-refractivity contribution is 0.0970. The summed E-state index contributed by atoms with van der Waals surface area (Å²) < 4.78 is 1.37. The number of H-pyrrole nitrogens is 1. The van der Waals surface area contributed by atoms with E-state index in [0.29, 0.717) is 22.2 Å². The highest BCUT2D eigenvalue weighted by molar-refractivity contribution is 6.32. The van der Waals surface area contributed by atoms with Crippen molar-refractivity contribution in [3.05, 3.63) is 70.3 Å². The average Bonchev–Trinajstić information content (AvgIpc) is 3.32. The predicted octanol–water partition coefficient (Wildman–Crippen LogP) is 3.37. The number of nitrogens with zero attached hydrogens (tertiary/aromatic N) is 3. The number of aryl methyl sites for hydroxylation is 1. The quantitative estimate of drug-likeness (QED) is 0.479. The topological polar surface area (TPSA) is 119 Å². The van der Waals surface area contributed by atoms with Crippen LogP contribution in [0.3, 0.4) is 0 Å². The minimum absolute atomic E-state index is 0.0705. The summed E-state index contributed by atoms with van der Waals surface area (Å²) in [6.07, 6.45) is 1.34. The Morgan fingerprint density at radius 3 is 2.66 bits per heavy atom. The molecule has 0 aliphatic carbocycles. The Kier molecular flexibility index (Phi) is 4.56. The van der Waals surface area contributed by atoms with Crippen LogP contribution in [0.1, 0.15) is 32.1 Å². The Labute approximate surface area is 170 Å². The summed E-state index contributed by atoms with van der Waals surface area (Å²) >= 11 is 6.16.